The van der Waals surface area contributed by atoms with E-state index in [-0.39, 0.29) is 0 Å². The Morgan fingerprint density at radius 3 is 2.55 bits per heavy atom. The van der Waals surface area contributed by atoms with E-state index in [4.69, 9.17) is 0 Å². The minimum absolute atomic E-state index is 0.459. The molecule has 0 bridgehead atoms. The second kappa shape index (κ2) is 5.55. The number of nitrogens with zero attached hydrogens (tertiary/aromatic N) is 1. The summed E-state index contributed by atoms with van der Waals surface area (Å²) >= 11 is 0. The molecule has 0 saturated heterocycles. The Morgan fingerprint density at radius 1 is 1.05 bits per heavy atom. The topological polar surface area (TPSA) is 23.5 Å². The third kappa shape index (κ3) is 2.87. The van der Waals surface area contributed by atoms with E-state index in [1.54, 1.807) is 0 Å². The average Bonchev–Trinajstić information content (AvgIpc) is 2.85. The first-order valence-corrected chi connectivity index (χ1v) is 7.54. The lowest BCUT2D eigenvalue weighted by Crippen LogP contribution is -2.38. The Kier molecular flexibility index (Phi) is 3.77. The molecule has 0 aromatic heterocycles. The van der Waals surface area contributed by atoms with Crippen LogP contribution in [0.4, 0.5) is 0 Å². The van der Waals surface area contributed by atoms with Crippen molar-refractivity contribution in [2.24, 2.45) is 0 Å². The third-order valence-corrected chi connectivity index (χ3v) is 4.42. The van der Waals surface area contributed by atoms with E-state index in [1.165, 1.54) is 29.2 Å². The van der Waals surface area contributed by atoms with Gasteiger partial charge in [-0.25, -0.2) is 0 Å². The van der Waals surface area contributed by atoms with Gasteiger partial charge in [0.05, 0.1) is 5.60 Å². The summed E-state index contributed by atoms with van der Waals surface area (Å²) in [6.45, 7) is 1.67. The number of rotatable bonds is 4. The number of likely N-dealkylation sites (N-methyl/N-ethyl adjacent to an activating group) is 1. The van der Waals surface area contributed by atoms with E-state index in [0.29, 0.717) is 0 Å². The Labute approximate surface area is 121 Å². The molecule has 3 rings (SSSR count). The molecule has 1 aliphatic rings. The van der Waals surface area contributed by atoms with Crippen molar-refractivity contribution in [3.63, 3.8) is 0 Å². The molecule has 2 heteroatoms. The van der Waals surface area contributed by atoms with Crippen LogP contribution in [0.1, 0.15) is 31.2 Å². The molecule has 0 radical (unpaired) electrons. The summed E-state index contributed by atoms with van der Waals surface area (Å²) in [7, 11) is 2.11. The smallest absolute Gasteiger partial charge is 0.0774 e. The van der Waals surface area contributed by atoms with Crippen LogP contribution < -0.4 is 0 Å². The van der Waals surface area contributed by atoms with Crippen molar-refractivity contribution in [3.05, 3.63) is 48.0 Å². The van der Waals surface area contributed by atoms with Crippen LogP contribution in [-0.2, 0) is 6.54 Å². The molecule has 1 aliphatic carbocycles. The molecule has 2 aromatic carbocycles. The van der Waals surface area contributed by atoms with Gasteiger partial charge in [-0.3, -0.25) is 4.90 Å². The minimum Gasteiger partial charge on any atom is -0.389 e. The molecule has 2 aromatic rings. The van der Waals surface area contributed by atoms with E-state index in [2.05, 4.69) is 54.4 Å². The summed E-state index contributed by atoms with van der Waals surface area (Å²) in [4.78, 5) is 2.26. The van der Waals surface area contributed by atoms with Gasteiger partial charge in [-0.15, -0.1) is 0 Å². The van der Waals surface area contributed by atoms with Crippen LogP contribution in [0.25, 0.3) is 10.8 Å². The van der Waals surface area contributed by atoms with Crippen LogP contribution in [0.5, 0.6) is 0 Å². The summed E-state index contributed by atoms with van der Waals surface area (Å²) in [5.74, 6) is 0. The molecule has 0 aliphatic heterocycles. The standard InChI is InChI=1S/C18H23NO/c1-19(14-18(20)11-4-5-12-18)13-16-9-6-8-15-7-2-3-10-17(15)16/h2-3,6-10,20H,4-5,11-14H2,1H3. The monoisotopic (exact) mass is 269 g/mol. The van der Waals surface area contributed by atoms with Gasteiger partial charge in [-0.2, -0.15) is 0 Å². The molecule has 0 unspecified atom stereocenters. The van der Waals surface area contributed by atoms with Crippen LogP contribution >= 0.6 is 0 Å². The van der Waals surface area contributed by atoms with Crippen LogP contribution in [0, 0.1) is 0 Å². The maximum Gasteiger partial charge on any atom is 0.0774 e. The highest BCUT2D eigenvalue weighted by Gasteiger charge is 2.32. The van der Waals surface area contributed by atoms with Gasteiger partial charge < -0.3 is 5.11 Å². The lowest BCUT2D eigenvalue weighted by atomic mass is 10.0. The largest absolute Gasteiger partial charge is 0.389 e. The lowest BCUT2D eigenvalue weighted by Gasteiger charge is -2.28. The molecule has 0 amide bonds. The second-order valence-electron chi connectivity index (χ2n) is 6.24. The van der Waals surface area contributed by atoms with Crippen LogP contribution in [0.2, 0.25) is 0 Å². The predicted molar refractivity (Wildman–Crippen MR) is 83.7 cm³/mol. The Morgan fingerprint density at radius 2 is 1.75 bits per heavy atom. The Bertz CT molecular complexity index is 581. The normalized spacial score (nSPS) is 17.9. The highest BCUT2D eigenvalue weighted by Crippen LogP contribution is 2.30. The SMILES string of the molecule is CN(Cc1cccc2ccccc12)CC1(O)CCCC1. The van der Waals surface area contributed by atoms with E-state index in [0.717, 1.165) is 25.9 Å². The summed E-state index contributed by atoms with van der Waals surface area (Å²) in [6, 6.07) is 15.0. The second-order valence-corrected chi connectivity index (χ2v) is 6.24. The predicted octanol–water partition coefficient (Wildman–Crippen LogP) is 3.58. The summed E-state index contributed by atoms with van der Waals surface area (Å²) in [6.07, 6.45) is 4.23. The fraction of sp³-hybridized carbons (Fsp3) is 0.444. The number of hydrogen-bond donors (Lipinski definition) is 1. The zero-order valence-electron chi connectivity index (χ0n) is 12.2. The minimum atomic E-state index is -0.459. The van der Waals surface area contributed by atoms with Crippen LogP contribution in [0.3, 0.4) is 0 Å². The summed E-state index contributed by atoms with van der Waals surface area (Å²) < 4.78 is 0. The van der Waals surface area contributed by atoms with Gasteiger partial charge in [0.1, 0.15) is 0 Å². The van der Waals surface area contributed by atoms with Gasteiger partial charge in [0.2, 0.25) is 0 Å². The van der Waals surface area contributed by atoms with E-state index < -0.39 is 5.60 Å². The maximum atomic E-state index is 10.5. The maximum absolute atomic E-state index is 10.5. The molecule has 1 fully saturated rings. The quantitative estimate of drug-likeness (QED) is 0.917. The molecular weight excluding hydrogens is 246 g/mol. The zero-order chi connectivity index (χ0) is 14.0. The fourth-order valence-corrected chi connectivity index (χ4v) is 3.47. The van der Waals surface area contributed by atoms with Crippen molar-refractivity contribution >= 4 is 10.8 Å². The van der Waals surface area contributed by atoms with Gasteiger partial charge in [-0.1, -0.05) is 55.3 Å². The first kappa shape index (κ1) is 13.6. The van der Waals surface area contributed by atoms with Gasteiger partial charge in [0.25, 0.3) is 0 Å². The summed E-state index contributed by atoms with van der Waals surface area (Å²) in [5, 5.41) is 13.1. The molecule has 2 nitrogen and oxygen atoms in total. The van der Waals surface area contributed by atoms with Crippen molar-refractivity contribution in [1.82, 2.24) is 4.90 Å². The number of fused-ring (bicyclic) bond motifs is 1. The fourth-order valence-electron chi connectivity index (χ4n) is 3.47. The van der Waals surface area contributed by atoms with Gasteiger partial charge in [-0.05, 0) is 36.2 Å². The zero-order valence-corrected chi connectivity index (χ0v) is 12.2. The molecule has 20 heavy (non-hydrogen) atoms. The molecule has 0 spiro atoms. The Hall–Kier alpha value is -1.38. The van der Waals surface area contributed by atoms with Crippen LogP contribution in [-0.4, -0.2) is 29.2 Å². The van der Waals surface area contributed by atoms with E-state index in [9.17, 15) is 5.11 Å². The summed E-state index contributed by atoms with van der Waals surface area (Å²) in [5.41, 5.74) is 0.881. The lowest BCUT2D eigenvalue weighted by molar-refractivity contribution is 0.0146. The van der Waals surface area contributed by atoms with Crippen molar-refractivity contribution < 1.29 is 5.11 Å². The molecule has 0 heterocycles. The highest BCUT2D eigenvalue weighted by atomic mass is 16.3. The molecular formula is C18H23NO. The van der Waals surface area contributed by atoms with Gasteiger partial charge >= 0.3 is 0 Å². The molecule has 106 valence electrons. The van der Waals surface area contributed by atoms with Gasteiger partial charge in [0.15, 0.2) is 0 Å². The molecule has 0 atom stereocenters. The first-order valence-electron chi connectivity index (χ1n) is 7.54. The molecule has 1 saturated carbocycles. The highest BCUT2D eigenvalue weighted by molar-refractivity contribution is 5.85. The van der Waals surface area contributed by atoms with Crippen molar-refractivity contribution in [2.45, 2.75) is 37.8 Å². The first-order chi connectivity index (χ1) is 9.66. The van der Waals surface area contributed by atoms with Crippen LogP contribution in [0.15, 0.2) is 42.5 Å². The Balaban J connectivity index is 1.75. The van der Waals surface area contributed by atoms with Crippen molar-refractivity contribution in [2.75, 3.05) is 13.6 Å². The van der Waals surface area contributed by atoms with E-state index >= 15 is 0 Å². The number of hydrogen-bond acceptors (Lipinski definition) is 2. The van der Waals surface area contributed by atoms with E-state index in [1.807, 2.05) is 0 Å². The third-order valence-electron chi connectivity index (χ3n) is 4.42. The average molecular weight is 269 g/mol. The molecule has 1 N–H and O–H groups in total. The van der Waals surface area contributed by atoms with Crippen molar-refractivity contribution in [3.8, 4) is 0 Å². The van der Waals surface area contributed by atoms with Crippen molar-refractivity contribution in [1.29, 1.82) is 0 Å². The van der Waals surface area contributed by atoms with Gasteiger partial charge in [0, 0.05) is 13.1 Å². The number of benzene rings is 2. The number of aliphatic hydroxyl groups is 1.